The summed E-state index contributed by atoms with van der Waals surface area (Å²) in [4.78, 5) is 48.5. The van der Waals surface area contributed by atoms with E-state index >= 15 is 0 Å². The summed E-state index contributed by atoms with van der Waals surface area (Å²) in [6, 6.07) is 0. The van der Waals surface area contributed by atoms with Crippen LogP contribution in [0.5, 0.6) is 0 Å². The Balaban J connectivity index is 1.31. The minimum absolute atomic E-state index is 0.00537. The fourth-order valence-corrected chi connectivity index (χ4v) is 9.20. The van der Waals surface area contributed by atoms with Gasteiger partial charge in [-0.1, -0.05) is 76.4 Å². The molecule has 0 aliphatic carbocycles. The molecule has 18 nitrogen and oxygen atoms in total. The molecule has 3 heterocycles. The number of epoxide rings is 1. The molecule has 404 valence electrons. The molecule has 0 aromatic heterocycles. The van der Waals surface area contributed by atoms with E-state index in [0.29, 0.717) is 43.3 Å². The molecule has 3 aliphatic rings. The van der Waals surface area contributed by atoms with Crippen molar-refractivity contribution in [2.45, 2.75) is 230 Å². The molecule has 70 heavy (non-hydrogen) atoms. The molecule has 0 saturated carbocycles. The van der Waals surface area contributed by atoms with Crippen molar-refractivity contribution in [2.75, 3.05) is 26.4 Å². The van der Waals surface area contributed by atoms with Gasteiger partial charge in [-0.25, -0.2) is 9.59 Å². The fourth-order valence-electron chi connectivity index (χ4n) is 9.20. The van der Waals surface area contributed by atoms with Crippen molar-refractivity contribution >= 4 is 23.9 Å². The van der Waals surface area contributed by atoms with Crippen LogP contribution in [0.3, 0.4) is 0 Å². The maximum absolute atomic E-state index is 13.0. The minimum Gasteiger partial charge on any atom is -0.481 e. The maximum Gasteiger partial charge on any atom is 0.330 e. The summed E-state index contributed by atoms with van der Waals surface area (Å²) in [7, 11) is 0. The first kappa shape index (κ1) is 61.3. The Morgan fingerprint density at radius 1 is 0.600 bits per heavy atom. The third kappa shape index (κ3) is 22.4. The van der Waals surface area contributed by atoms with Gasteiger partial charge >= 0.3 is 23.9 Å². The summed E-state index contributed by atoms with van der Waals surface area (Å²) in [6.07, 6.45) is 3.10. The highest BCUT2D eigenvalue weighted by atomic mass is 16.6. The van der Waals surface area contributed by atoms with Gasteiger partial charge in [0.15, 0.2) is 0 Å². The van der Waals surface area contributed by atoms with Crippen LogP contribution in [-0.4, -0.2) is 164 Å². The SMILES string of the molecule is C/C(=C\C(=O)OCCCCCCCCC(=O)O)C[C@@H]1OC[C@H](CC(OC(=O)CCCCCCCCOC(=O)/C=C(\C)C[C@@H]2OC[C@H](C[C@@H]3O[C@H]3[C@@H](C)[C@H](C)O)[C@@H](O)[C@H]2O)C(O)[C@@H](C)[C@H](C)O)[C@@H](O)[C@H]1O. The lowest BCUT2D eigenvalue weighted by Crippen LogP contribution is -2.52. The number of carboxylic acids is 1. The molecule has 16 atom stereocenters. The first-order chi connectivity index (χ1) is 33.2. The molecule has 2 unspecified atom stereocenters. The number of aliphatic carboxylic acids is 1. The van der Waals surface area contributed by atoms with Crippen LogP contribution < -0.4 is 0 Å². The Bertz CT molecular complexity index is 1620. The van der Waals surface area contributed by atoms with Crippen LogP contribution in [0.25, 0.3) is 0 Å². The molecule has 0 radical (unpaired) electrons. The second-order valence-corrected chi connectivity index (χ2v) is 20.4. The van der Waals surface area contributed by atoms with Gasteiger partial charge in [-0.2, -0.15) is 0 Å². The van der Waals surface area contributed by atoms with E-state index in [9.17, 15) is 54.9 Å². The lowest BCUT2D eigenvalue weighted by Gasteiger charge is -2.40. The van der Waals surface area contributed by atoms with Crippen LogP contribution in [0.4, 0.5) is 0 Å². The smallest absolute Gasteiger partial charge is 0.330 e. The van der Waals surface area contributed by atoms with E-state index in [-0.39, 0.29) is 82.6 Å². The van der Waals surface area contributed by atoms with E-state index in [2.05, 4.69) is 0 Å². The fraction of sp³-hybridized carbons (Fsp3) is 0.846. The number of carboxylic acid groups (broad SMARTS) is 1. The molecular formula is C52H88O18. The first-order valence-corrected chi connectivity index (χ1v) is 25.9. The van der Waals surface area contributed by atoms with E-state index in [0.717, 1.165) is 51.4 Å². The molecule has 18 heteroatoms. The Kier molecular flexibility index (Phi) is 28.2. The average Bonchev–Trinajstić information content (AvgIpc) is 4.07. The topological polar surface area (TPSA) is 289 Å². The number of unbranched alkanes of at least 4 members (excludes halogenated alkanes) is 10. The Labute approximate surface area is 415 Å². The third-order valence-electron chi connectivity index (χ3n) is 14.2. The molecule has 0 spiro atoms. The van der Waals surface area contributed by atoms with Crippen molar-refractivity contribution in [1.29, 1.82) is 0 Å². The van der Waals surface area contributed by atoms with Crippen molar-refractivity contribution in [2.24, 2.45) is 23.7 Å². The van der Waals surface area contributed by atoms with Crippen LogP contribution in [-0.2, 0) is 47.6 Å². The van der Waals surface area contributed by atoms with Crippen molar-refractivity contribution in [3.8, 4) is 0 Å². The van der Waals surface area contributed by atoms with Crippen LogP contribution in [0.15, 0.2) is 23.3 Å². The van der Waals surface area contributed by atoms with E-state index in [1.165, 1.54) is 19.1 Å². The molecule has 3 rings (SSSR count). The summed E-state index contributed by atoms with van der Waals surface area (Å²) in [5, 5.41) is 83.6. The third-order valence-corrected chi connectivity index (χ3v) is 14.2. The maximum atomic E-state index is 13.0. The van der Waals surface area contributed by atoms with Crippen molar-refractivity contribution in [3.63, 3.8) is 0 Å². The van der Waals surface area contributed by atoms with Gasteiger partial charge in [-0.15, -0.1) is 0 Å². The first-order valence-electron chi connectivity index (χ1n) is 25.9. The summed E-state index contributed by atoms with van der Waals surface area (Å²) in [5.41, 5.74) is 1.25. The number of rotatable bonds is 34. The molecule has 0 bridgehead atoms. The largest absolute Gasteiger partial charge is 0.481 e. The summed E-state index contributed by atoms with van der Waals surface area (Å²) in [6.45, 7) is 11.0. The summed E-state index contributed by atoms with van der Waals surface area (Å²) in [5.74, 6) is -4.03. The normalized spacial score (nSPS) is 28.8. The van der Waals surface area contributed by atoms with Gasteiger partial charge in [0.2, 0.25) is 0 Å². The number of hydrogen-bond donors (Lipinski definition) is 8. The molecule has 0 aromatic carbocycles. The number of carbonyl (C=O) groups excluding carboxylic acids is 3. The monoisotopic (exact) mass is 1000 g/mol. The lowest BCUT2D eigenvalue weighted by atomic mass is 9.83. The van der Waals surface area contributed by atoms with Crippen LogP contribution in [0.2, 0.25) is 0 Å². The van der Waals surface area contributed by atoms with Gasteiger partial charge < -0.3 is 69.3 Å². The number of aliphatic hydroxyl groups is 7. The lowest BCUT2D eigenvalue weighted by molar-refractivity contribution is -0.183. The summed E-state index contributed by atoms with van der Waals surface area (Å²) < 4.78 is 34.0. The number of aliphatic hydroxyl groups excluding tert-OH is 7. The molecule has 8 N–H and O–H groups in total. The minimum atomic E-state index is -1.33. The highest BCUT2D eigenvalue weighted by molar-refractivity contribution is 5.83. The highest BCUT2D eigenvalue weighted by Crippen LogP contribution is 2.39. The van der Waals surface area contributed by atoms with E-state index < -0.39 is 96.8 Å². The summed E-state index contributed by atoms with van der Waals surface area (Å²) >= 11 is 0. The quantitative estimate of drug-likeness (QED) is 0.0143. The zero-order valence-electron chi connectivity index (χ0n) is 42.6. The van der Waals surface area contributed by atoms with Gasteiger partial charge in [-0.05, 0) is 79.1 Å². The zero-order chi connectivity index (χ0) is 51.9. The van der Waals surface area contributed by atoms with Gasteiger partial charge in [0.05, 0.1) is 81.4 Å². The van der Waals surface area contributed by atoms with Crippen LogP contribution >= 0.6 is 0 Å². The van der Waals surface area contributed by atoms with Gasteiger partial charge in [-0.3, -0.25) is 9.59 Å². The molecule has 3 aliphatic heterocycles. The second-order valence-electron chi connectivity index (χ2n) is 20.4. The zero-order valence-corrected chi connectivity index (χ0v) is 42.6. The highest BCUT2D eigenvalue weighted by Gasteiger charge is 2.48. The number of carbonyl (C=O) groups is 4. The van der Waals surface area contributed by atoms with E-state index in [1.807, 2.05) is 6.92 Å². The van der Waals surface area contributed by atoms with E-state index in [1.54, 1.807) is 27.7 Å². The Morgan fingerprint density at radius 3 is 1.54 bits per heavy atom. The van der Waals surface area contributed by atoms with Crippen LogP contribution in [0, 0.1) is 23.7 Å². The van der Waals surface area contributed by atoms with Crippen molar-refractivity contribution < 1.29 is 88.5 Å². The van der Waals surface area contributed by atoms with Gasteiger partial charge in [0.1, 0.15) is 18.3 Å². The van der Waals surface area contributed by atoms with Crippen molar-refractivity contribution in [3.05, 3.63) is 23.3 Å². The van der Waals surface area contributed by atoms with Gasteiger partial charge in [0.25, 0.3) is 0 Å². The van der Waals surface area contributed by atoms with Crippen LogP contribution in [0.1, 0.15) is 157 Å². The number of esters is 3. The predicted molar refractivity (Wildman–Crippen MR) is 257 cm³/mol. The standard InChI is InChI=1S/C52H88O18/c1-31(25-45(58)65-21-17-13-9-7-11-15-19-43(55)56)23-39-50(63)48(61)37(29-67-39)27-41(47(60)33(3)35(5)53)69-44(57)20-16-12-8-10-14-18-22-66-46(59)26-32(2)24-40-51(64)49(62)38(30-68-40)28-42-52(70-42)34(4)36(6)54/h25-26,33-42,47-54,60-64H,7-24,27-30H2,1-6H3,(H,55,56)/b31-25+,32-26+/t33-,34-,35-,36-,37-,38-,39-,40-,41?,42-,47?,48+,49+,50-,51-,52-/m0/s1. The average molecular weight is 1000 g/mol. The number of hydrogen-bond acceptors (Lipinski definition) is 17. The second kappa shape index (κ2) is 32.2. The Hall–Kier alpha value is -3.04. The Morgan fingerprint density at radius 2 is 1.06 bits per heavy atom. The molecule has 0 amide bonds. The molecule has 3 fully saturated rings. The van der Waals surface area contributed by atoms with Gasteiger partial charge in [0, 0.05) is 48.7 Å². The predicted octanol–water partition coefficient (Wildman–Crippen LogP) is 4.62. The molecule has 3 saturated heterocycles. The number of ether oxygens (including phenoxy) is 6. The molecule has 0 aromatic rings. The van der Waals surface area contributed by atoms with Crippen molar-refractivity contribution in [1.82, 2.24) is 0 Å². The molecular weight excluding hydrogens is 913 g/mol. The van der Waals surface area contributed by atoms with E-state index in [4.69, 9.17) is 33.5 Å².